The predicted molar refractivity (Wildman–Crippen MR) is 55.5 cm³/mol. The van der Waals surface area contributed by atoms with Crippen LogP contribution in [0.15, 0.2) is 29.2 Å². The number of halogens is 1. The van der Waals surface area contributed by atoms with E-state index in [1.807, 2.05) is 31.2 Å². The molecule has 0 unspecified atom stereocenters. The molecule has 3 heteroatoms. The Morgan fingerprint density at radius 2 is 1.91 bits per heavy atom. The number of thioether (sulfide) groups is 1. The van der Waals surface area contributed by atoms with Crippen LogP contribution in [0.2, 0.25) is 0 Å². The van der Waals surface area contributed by atoms with Gasteiger partial charge in [0.15, 0.2) is 0 Å². The molecule has 0 amide bonds. The molecule has 0 fully saturated rings. The van der Waals surface area contributed by atoms with Gasteiger partial charge in [0.2, 0.25) is 0 Å². The van der Waals surface area contributed by atoms with Gasteiger partial charge in [-0.05, 0) is 19.1 Å². The average Bonchev–Trinajstić information content (AvgIpc) is 1.93. The summed E-state index contributed by atoms with van der Waals surface area (Å²) in [6, 6.07) is 8.10. The molecule has 0 spiro atoms. The third kappa shape index (κ3) is 3.23. The maximum Gasteiger partial charge on any atom is 0.141 e. The maximum absolute atomic E-state index is 5.55. The van der Waals surface area contributed by atoms with Crippen molar-refractivity contribution in [2.75, 3.05) is 0 Å². The van der Waals surface area contributed by atoms with E-state index in [0.29, 0.717) is 3.66 Å². The van der Waals surface area contributed by atoms with Gasteiger partial charge in [-0.1, -0.05) is 53.3 Å². The zero-order chi connectivity index (χ0) is 8.27. The van der Waals surface area contributed by atoms with Crippen LogP contribution in [0.1, 0.15) is 5.56 Å². The SMILES string of the molecule is Cc1ccc(SC(=S)Cl)cc1. The van der Waals surface area contributed by atoms with Crippen molar-refractivity contribution in [1.29, 1.82) is 0 Å². The van der Waals surface area contributed by atoms with E-state index < -0.39 is 0 Å². The van der Waals surface area contributed by atoms with Gasteiger partial charge >= 0.3 is 0 Å². The number of thiocarbonyl (C=S) groups is 1. The van der Waals surface area contributed by atoms with Gasteiger partial charge in [-0.15, -0.1) is 0 Å². The van der Waals surface area contributed by atoms with Crippen molar-refractivity contribution in [1.82, 2.24) is 0 Å². The summed E-state index contributed by atoms with van der Waals surface area (Å²) < 4.78 is 0.439. The molecule has 0 bridgehead atoms. The Labute approximate surface area is 80.9 Å². The molecule has 58 valence electrons. The molecular formula is C8H7ClS2. The minimum Gasteiger partial charge on any atom is -0.0662 e. The largest absolute Gasteiger partial charge is 0.141 e. The van der Waals surface area contributed by atoms with E-state index in [0.717, 1.165) is 4.90 Å². The topological polar surface area (TPSA) is 0 Å². The molecule has 0 aliphatic carbocycles. The van der Waals surface area contributed by atoms with Gasteiger partial charge in [-0.25, -0.2) is 0 Å². The number of rotatable bonds is 1. The van der Waals surface area contributed by atoms with Gasteiger partial charge < -0.3 is 0 Å². The first-order valence-corrected chi connectivity index (χ1v) is 4.73. The van der Waals surface area contributed by atoms with Crippen LogP contribution in [-0.2, 0) is 0 Å². The van der Waals surface area contributed by atoms with Crippen molar-refractivity contribution < 1.29 is 0 Å². The summed E-state index contributed by atoms with van der Waals surface area (Å²) >= 11 is 11.7. The highest BCUT2D eigenvalue weighted by Crippen LogP contribution is 2.21. The highest BCUT2D eigenvalue weighted by Gasteiger charge is 1.94. The average molecular weight is 203 g/mol. The van der Waals surface area contributed by atoms with Crippen LogP contribution in [0.3, 0.4) is 0 Å². The summed E-state index contributed by atoms with van der Waals surface area (Å²) in [6.07, 6.45) is 0. The van der Waals surface area contributed by atoms with Gasteiger partial charge in [0, 0.05) is 4.90 Å². The van der Waals surface area contributed by atoms with E-state index in [2.05, 4.69) is 0 Å². The van der Waals surface area contributed by atoms with E-state index in [4.69, 9.17) is 23.8 Å². The predicted octanol–water partition coefficient (Wildman–Crippen LogP) is 3.61. The molecule has 0 heterocycles. The van der Waals surface area contributed by atoms with E-state index in [1.165, 1.54) is 17.3 Å². The van der Waals surface area contributed by atoms with Crippen LogP contribution in [0, 0.1) is 6.92 Å². The van der Waals surface area contributed by atoms with E-state index in [-0.39, 0.29) is 0 Å². The molecule has 0 saturated heterocycles. The van der Waals surface area contributed by atoms with Crippen molar-refractivity contribution >= 4 is 39.2 Å². The van der Waals surface area contributed by atoms with Crippen LogP contribution in [0.5, 0.6) is 0 Å². The molecule has 0 N–H and O–H groups in total. The van der Waals surface area contributed by atoms with Gasteiger partial charge in [-0.3, -0.25) is 0 Å². The number of hydrogen-bond donors (Lipinski definition) is 0. The van der Waals surface area contributed by atoms with Crippen LogP contribution in [-0.4, -0.2) is 3.66 Å². The van der Waals surface area contributed by atoms with Gasteiger partial charge in [0.25, 0.3) is 0 Å². The van der Waals surface area contributed by atoms with Crippen molar-refractivity contribution in [3.63, 3.8) is 0 Å². The third-order valence-electron chi connectivity index (χ3n) is 1.22. The molecule has 0 aliphatic rings. The molecule has 1 rings (SSSR count). The first-order chi connectivity index (χ1) is 5.18. The fourth-order valence-electron chi connectivity index (χ4n) is 0.699. The lowest BCUT2D eigenvalue weighted by atomic mass is 10.2. The van der Waals surface area contributed by atoms with Crippen molar-refractivity contribution in [3.8, 4) is 0 Å². The fourth-order valence-corrected chi connectivity index (χ4v) is 1.71. The fraction of sp³-hybridized carbons (Fsp3) is 0.125. The van der Waals surface area contributed by atoms with Gasteiger partial charge in [0.1, 0.15) is 3.66 Å². The molecular weight excluding hydrogens is 196 g/mol. The molecule has 11 heavy (non-hydrogen) atoms. The number of benzene rings is 1. The normalized spacial score (nSPS) is 9.64. The summed E-state index contributed by atoms with van der Waals surface area (Å²) in [6.45, 7) is 2.05. The first-order valence-electron chi connectivity index (χ1n) is 3.12. The third-order valence-corrected chi connectivity index (χ3v) is 2.37. The van der Waals surface area contributed by atoms with Gasteiger partial charge in [0.05, 0.1) is 0 Å². The molecule has 0 aliphatic heterocycles. The standard InChI is InChI=1S/C8H7ClS2/c1-6-2-4-7(5-3-6)11-8(9)10/h2-5H,1H3. The second kappa shape index (κ2) is 4.10. The Morgan fingerprint density at radius 1 is 1.36 bits per heavy atom. The highest BCUT2D eigenvalue weighted by molar-refractivity contribution is 8.26. The number of hydrogen-bond acceptors (Lipinski definition) is 2. The van der Waals surface area contributed by atoms with Crippen LogP contribution in [0.4, 0.5) is 0 Å². The Bertz CT molecular complexity index is 253. The van der Waals surface area contributed by atoms with Gasteiger partial charge in [-0.2, -0.15) is 0 Å². The maximum atomic E-state index is 5.55. The lowest BCUT2D eigenvalue weighted by molar-refractivity contribution is 1.38. The van der Waals surface area contributed by atoms with Crippen molar-refractivity contribution in [2.24, 2.45) is 0 Å². The highest BCUT2D eigenvalue weighted by atomic mass is 35.5. The van der Waals surface area contributed by atoms with Crippen molar-refractivity contribution in [2.45, 2.75) is 11.8 Å². The Morgan fingerprint density at radius 3 is 2.36 bits per heavy atom. The summed E-state index contributed by atoms with van der Waals surface area (Å²) in [7, 11) is 0. The lowest BCUT2D eigenvalue weighted by Crippen LogP contribution is -1.75. The second-order valence-corrected chi connectivity index (χ2v) is 4.73. The minimum atomic E-state index is 0.439. The number of aryl methyl sites for hydroxylation is 1. The zero-order valence-corrected chi connectivity index (χ0v) is 8.39. The van der Waals surface area contributed by atoms with Crippen molar-refractivity contribution in [3.05, 3.63) is 29.8 Å². The first kappa shape index (κ1) is 9.04. The summed E-state index contributed by atoms with van der Waals surface area (Å²) in [5.74, 6) is 0. The monoisotopic (exact) mass is 202 g/mol. The molecule has 0 atom stereocenters. The Kier molecular flexibility index (Phi) is 3.37. The molecule has 0 radical (unpaired) electrons. The van der Waals surface area contributed by atoms with E-state index in [9.17, 15) is 0 Å². The summed E-state index contributed by atoms with van der Waals surface area (Å²) in [5, 5.41) is 0. The Balaban J connectivity index is 2.74. The second-order valence-electron chi connectivity index (χ2n) is 2.15. The summed E-state index contributed by atoms with van der Waals surface area (Å²) in [5.41, 5.74) is 1.25. The van der Waals surface area contributed by atoms with Crippen LogP contribution >= 0.6 is 35.6 Å². The molecule has 1 aromatic rings. The summed E-state index contributed by atoms with van der Waals surface area (Å²) in [4.78, 5) is 1.09. The smallest absolute Gasteiger partial charge is 0.0662 e. The van der Waals surface area contributed by atoms with E-state index in [1.54, 1.807) is 0 Å². The molecule has 1 aromatic carbocycles. The molecule has 0 aromatic heterocycles. The Hall–Kier alpha value is -0.0500. The molecule has 0 nitrogen and oxygen atoms in total. The van der Waals surface area contributed by atoms with Crippen LogP contribution in [0.25, 0.3) is 0 Å². The minimum absolute atomic E-state index is 0.439. The zero-order valence-electron chi connectivity index (χ0n) is 6.00. The lowest BCUT2D eigenvalue weighted by Gasteiger charge is -1.96. The van der Waals surface area contributed by atoms with Crippen LogP contribution < -0.4 is 0 Å². The quantitative estimate of drug-likeness (QED) is 0.388. The molecule has 0 saturated carbocycles. The van der Waals surface area contributed by atoms with E-state index >= 15 is 0 Å².